The molecule has 2 atom stereocenters. The van der Waals surface area contributed by atoms with Crippen LogP contribution < -0.4 is 10.6 Å². The van der Waals surface area contributed by atoms with Crippen molar-refractivity contribution in [3.8, 4) is 0 Å². The average molecular weight is 260 g/mol. The third-order valence-electron chi connectivity index (χ3n) is 3.79. The van der Waals surface area contributed by atoms with Crippen molar-refractivity contribution >= 4 is 0 Å². The van der Waals surface area contributed by atoms with Crippen LogP contribution >= 0.6 is 0 Å². The van der Waals surface area contributed by atoms with Gasteiger partial charge in [-0.05, 0) is 36.8 Å². The van der Waals surface area contributed by atoms with Crippen LogP contribution in [0.15, 0.2) is 30.3 Å². The molecule has 2 N–H and O–H groups in total. The normalized spacial score (nSPS) is 21.5. The molecule has 1 aromatic carbocycles. The van der Waals surface area contributed by atoms with Gasteiger partial charge in [0.15, 0.2) is 0 Å². The quantitative estimate of drug-likeness (QED) is 0.846. The molecule has 2 rings (SSSR count). The lowest BCUT2D eigenvalue weighted by molar-refractivity contribution is 0.305. The predicted molar refractivity (Wildman–Crippen MR) is 82.3 cm³/mol. The zero-order valence-electron chi connectivity index (χ0n) is 12.6. The smallest absolute Gasteiger partial charge is 0.0325 e. The third kappa shape index (κ3) is 4.96. The van der Waals surface area contributed by atoms with Crippen LogP contribution in [0.5, 0.6) is 0 Å². The fourth-order valence-corrected chi connectivity index (χ4v) is 2.82. The molecule has 0 aliphatic carbocycles. The number of hydrogen-bond acceptors (Lipinski definition) is 2. The van der Waals surface area contributed by atoms with Gasteiger partial charge in [0.05, 0.1) is 0 Å². The Hall–Kier alpha value is -0.860. The van der Waals surface area contributed by atoms with E-state index in [9.17, 15) is 0 Å². The molecule has 2 nitrogen and oxygen atoms in total. The van der Waals surface area contributed by atoms with E-state index in [-0.39, 0.29) is 0 Å². The third-order valence-corrected chi connectivity index (χ3v) is 3.79. The average Bonchev–Trinajstić information content (AvgIpc) is 2.87. The summed E-state index contributed by atoms with van der Waals surface area (Å²) in [5, 5.41) is 7.34. The molecule has 0 spiro atoms. The lowest BCUT2D eigenvalue weighted by atomic mass is 9.85. The van der Waals surface area contributed by atoms with Crippen molar-refractivity contribution in [2.24, 2.45) is 5.41 Å². The second-order valence-corrected chi connectivity index (χ2v) is 6.93. The van der Waals surface area contributed by atoms with Gasteiger partial charge in [-0.3, -0.25) is 0 Å². The predicted octanol–water partition coefficient (Wildman–Crippen LogP) is 3.51. The minimum absolute atomic E-state index is 0.344. The van der Waals surface area contributed by atoms with Crippen LogP contribution in [0, 0.1) is 5.41 Å². The largest absolute Gasteiger partial charge is 0.313 e. The lowest BCUT2D eigenvalue weighted by Gasteiger charge is -2.28. The molecule has 0 saturated carbocycles. The zero-order chi connectivity index (χ0) is 13.7. The maximum Gasteiger partial charge on any atom is 0.0325 e. The maximum absolute atomic E-state index is 3.77. The Bertz CT molecular complexity index is 361. The van der Waals surface area contributed by atoms with Crippen LogP contribution in [0.25, 0.3) is 0 Å². The minimum Gasteiger partial charge on any atom is -0.313 e. The molecule has 0 radical (unpaired) electrons. The first kappa shape index (κ1) is 14.5. The monoisotopic (exact) mass is 260 g/mol. The van der Waals surface area contributed by atoms with Crippen LogP contribution in [-0.4, -0.2) is 19.1 Å². The molecule has 1 aliphatic heterocycles. The Kier molecular flexibility index (Phi) is 5.00. The van der Waals surface area contributed by atoms with Crippen molar-refractivity contribution in [3.05, 3.63) is 35.9 Å². The van der Waals surface area contributed by atoms with Crippen LogP contribution in [0.2, 0.25) is 0 Å². The summed E-state index contributed by atoms with van der Waals surface area (Å²) < 4.78 is 0. The molecule has 1 heterocycles. The van der Waals surface area contributed by atoms with E-state index in [2.05, 4.69) is 61.7 Å². The van der Waals surface area contributed by atoms with Gasteiger partial charge in [0, 0.05) is 18.6 Å². The van der Waals surface area contributed by atoms with Gasteiger partial charge >= 0.3 is 0 Å². The van der Waals surface area contributed by atoms with E-state index in [0.29, 0.717) is 17.5 Å². The summed E-state index contributed by atoms with van der Waals surface area (Å²) in [6.45, 7) is 9.21. The van der Waals surface area contributed by atoms with Gasteiger partial charge in [0.25, 0.3) is 0 Å². The lowest BCUT2D eigenvalue weighted by Crippen LogP contribution is -2.37. The first-order chi connectivity index (χ1) is 9.04. The molecule has 0 aromatic heterocycles. The van der Waals surface area contributed by atoms with Crippen LogP contribution in [0.4, 0.5) is 0 Å². The Morgan fingerprint density at radius 1 is 1.26 bits per heavy atom. The van der Waals surface area contributed by atoms with Gasteiger partial charge in [0.2, 0.25) is 0 Å². The van der Waals surface area contributed by atoms with Gasteiger partial charge in [-0.15, -0.1) is 0 Å². The molecule has 19 heavy (non-hydrogen) atoms. The minimum atomic E-state index is 0.344. The molecule has 1 fully saturated rings. The summed E-state index contributed by atoms with van der Waals surface area (Å²) in [6, 6.07) is 12.0. The number of nitrogens with one attached hydrogen (secondary N) is 2. The highest BCUT2D eigenvalue weighted by Gasteiger charge is 2.21. The van der Waals surface area contributed by atoms with Crippen molar-refractivity contribution in [1.82, 2.24) is 10.6 Å². The standard InChI is InChI=1S/C17H28N2/c1-17(2,3)12-16(14-8-5-4-6-9-14)19-13-15-10-7-11-18-15/h4-6,8-9,15-16,18-19H,7,10-13H2,1-3H3. The highest BCUT2D eigenvalue weighted by atomic mass is 15.0. The van der Waals surface area contributed by atoms with Crippen molar-refractivity contribution in [1.29, 1.82) is 0 Å². The fourth-order valence-electron chi connectivity index (χ4n) is 2.82. The van der Waals surface area contributed by atoms with Crippen molar-refractivity contribution in [3.63, 3.8) is 0 Å². The van der Waals surface area contributed by atoms with Gasteiger partial charge < -0.3 is 10.6 Å². The summed E-state index contributed by atoms with van der Waals surface area (Å²) >= 11 is 0. The highest BCUT2D eigenvalue weighted by molar-refractivity contribution is 5.19. The molecule has 0 amide bonds. The van der Waals surface area contributed by atoms with E-state index in [1.54, 1.807) is 0 Å². The van der Waals surface area contributed by atoms with Gasteiger partial charge in [0.1, 0.15) is 0 Å². The van der Waals surface area contributed by atoms with Crippen molar-refractivity contribution in [2.75, 3.05) is 13.1 Å². The van der Waals surface area contributed by atoms with E-state index in [4.69, 9.17) is 0 Å². The van der Waals surface area contributed by atoms with E-state index in [1.165, 1.54) is 31.4 Å². The van der Waals surface area contributed by atoms with Crippen LogP contribution in [0.3, 0.4) is 0 Å². The first-order valence-electron chi connectivity index (χ1n) is 7.56. The molecule has 106 valence electrons. The number of benzene rings is 1. The summed E-state index contributed by atoms with van der Waals surface area (Å²) in [7, 11) is 0. The molecule has 2 unspecified atom stereocenters. The second kappa shape index (κ2) is 6.53. The summed E-state index contributed by atoms with van der Waals surface area (Å²) in [5.41, 5.74) is 1.76. The van der Waals surface area contributed by atoms with Crippen LogP contribution in [0.1, 0.15) is 51.6 Å². The van der Waals surface area contributed by atoms with Gasteiger partial charge in [-0.25, -0.2) is 0 Å². The highest BCUT2D eigenvalue weighted by Crippen LogP contribution is 2.29. The van der Waals surface area contributed by atoms with Gasteiger partial charge in [-0.2, -0.15) is 0 Å². The Balaban J connectivity index is 1.97. The Morgan fingerprint density at radius 3 is 2.58 bits per heavy atom. The van der Waals surface area contributed by atoms with E-state index in [0.717, 1.165) is 6.54 Å². The Morgan fingerprint density at radius 2 is 2.00 bits per heavy atom. The molecular weight excluding hydrogens is 232 g/mol. The molecule has 2 heteroatoms. The molecule has 0 bridgehead atoms. The number of hydrogen-bond donors (Lipinski definition) is 2. The molecule has 1 aromatic rings. The van der Waals surface area contributed by atoms with E-state index in [1.807, 2.05) is 0 Å². The van der Waals surface area contributed by atoms with Gasteiger partial charge in [-0.1, -0.05) is 51.1 Å². The topological polar surface area (TPSA) is 24.1 Å². The van der Waals surface area contributed by atoms with E-state index >= 15 is 0 Å². The molecule has 1 aliphatic rings. The van der Waals surface area contributed by atoms with Crippen molar-refractivity contribution in [2.45, 2.75) is 52.1 Å². The fraction of sp³-hybridized carbons (Fsp3) is 0.647. The number of rotatable bonds is 5. The summed E-state index contributed by atoms with van der Waals surface area (Å²) in [5.74, 6) is 0. The van der Waals surface area contributed by atoms with Crippen LogP contribution in [-0.2, 0) is 0 Å². The van der Waals surface area contributed by atoms with E-state index < -0.39 is 0 Å². The zero-order valence-corrected chi connectivity index (χ0v) is 12.6. The van der Waals surface area contributed by atoms with Crippen molar-refractivity contribution < 1.29 is 0 Å². The first-order valence-corrected chi connectivity index (χ1v) is 7.56. The maximum atomic E-state index is 3.77. The summed E-state index contributed by atoms with van der Waals surface area (Å²) in [6.07, 6.45) is 3.80. The molecule has 1 saturated heterocycles. The summed E-state index contributed by atoms with van der Waals surface area (Å²) in [4.78, 5) is 0. The molecular formula is C17H28N2. The second-order valence-electron chi connectivity index (χ2n) is 6.93. The SMILES string of the molecule is CC(C)(C)CC(NCC1CCCN1)c1ccccc1. The Labute approximate surface area is 118 Å².